The molecule has 3 heterocycles. The van der Waals surface area contributed by atoms with Gasteiger partial charge >= 0.3 is 0 Å². The van der Waals surface area contributed by atoms with Crippen molar-refractivity contribution in [3.05, 3.63) is 70.8 Å². The van der Waals surface area contributed by atoms with E-state index in [1.54, 1.807) is 25.3 Å². The molecule has 0 saturated carbocycles. The molecular formula is C28H29N3O5. The Hall–Kier alpha value is -3.78. The van der Waals surface area contributed by atoms with E-state index in [-0.39, 0.29) is 18.2 Å². The maximum Gasteiger partial charge on any atom is 0.255 e. The molecule has 1 spiro atoms. The number of ether oxygens (including phenoxy) is 1. The SMILES string of the molecule is COc1ccc(C2=CC3(C2)CN(C)C3)cc1.O=Cc1ccc2c(c1)CN(C1CCC(=O)NC1=O)C2=O. The second-order valence-electron chi connectivity index (χ2n) is 10.0. The highest BCUT2D eigenvalue weighted by Gasteiger charge is 2.45. The fourth-order valence-electron chi connectivity index (χ4n) is 5.61. The molecule has 0 radical (unpaired) electrons. The summed E-state index contributed by atoms with van der Waals surface area (Å²) in [6, 6.07) is 12.6. The van der Waals surface area contributed by atoms with Gasteiger partial charge in [0.05, 0.1) is 7.11 Å². The first-order valence-electron chi connectivity index (χ1n) is 12.1. The zero-order valence-electron chi connectivity index (χ0n) is 20.5. The number of nitrogens with one attached hydrogen (secondary N) is 1. The number of aldehydes is 1. The van der Waals surface area contributed by atoms with E-state index in [1.807, 2.05) is 12.1 Å². The lowest BCUT2D eigenvalue weighted by Crippen LogP contribution is -2.56. The number of nitrogens with zero attached hydrogens (tertiary/aromatic N) is 2. The van der Waals surface area contributed by atoms with Crippen molar-refractivity contribution in [1.29, 1.82) is 0 Å². The zero-order chi connectivity index (χ0) is 25.4. The predicted molar refractivity (Wildman–Crippen MR) is 133 cm³/mol. The lowest BCUT2D eigenvalue weighted by Gasteiger charge is -2.53. The summed E-state index contributed by atoms with van der Waals surface area (Å²) in [6.07, 6.45) is 4.99. The Kier molecular flexibility index (Phi) is 6.22. The number of carbonyl (C=O) groups is 4. The quantitative estimate of drug-likeness (QED) is 0.526. The number of likely N-dealkylation sites (tertiary alicyclic amines) is 1. The van der Waals surface area contributed by atoms with E-state index >= 15 is 0 Å². The third-order valence-corrected chi connectivity index (χ3v) is 7.34. The second-order valence-corrected chi connectivity index (χ2v) is 10.0. The highest BCUT2D eigenvalue weighted by Crippen LogP contribution is 2.49. The fourth-order valence-corrected chi connectivity index (χ4v) is 5.61. The molecule has 2 saturated heterocycles. The van der Waals surface area contributed by atoms with E-state index in [0.29, 0.717) is 29.5 Å². The number of benzene rings is 2. The molecule has 36 heavy (non-hydrogen) atoms. The van der Waals surface area contributed by atoms with Gasteiger partial charge in [-0.1, -0.05) is 24.3 Å². The number of amides is 3. The maximum atomic E-state index is 12.3. The van der Waals surface area contributed by atoms with Crippen LogP contribution in [0.3, 0.4) is 0 Å². The predicted octanol–water partition coefficient (Wildman–Crippen LogP) is 2.67. The molecular weight excluding hydrogens is 458 g/mol. The summed E-state index contributed by atoms with van der Waals surface area (Å²) in [5, 5.41) is 2.25. The van der Waals surface area contributed by atoms with E-state index in [4.69, 9.17) is 4.74 Å². The molecule has 2 aromatic rings. The zero-order valence-corrected chi connectivity index (χ0v) is 20.5. The Balaban J connectivity index is 0.000000152. The summed E-state index contributed by atoms with van der Waals surface area (Å²) in [4.78, 5) is 49.9. The van der Waals surface area contributed by atoms with Gasteiger partial charge in [0, 0.05) is 42.6 Å². The average Bonchev–Trinajstić information content (AvgIpc) is 3.16. The number of piperidine rings is 1. The lowest BCUT2D eigenvalue weighted by atomic mass is 9.64. The van der Waals surface area contributed by atoms with Crippen molar-refractivity contribution >= 4 is 29.6 Å². The Bertz CT molecular complexity index is 1260. The molecule has 4 aliphatic rings. The van der Waals surface area contributed by atoms with Crippen molar-refractivity contribution < 1.29 is 23.9 Å². The lowest BCUT2D eigenvalue weighted by molar-refractivity contribution is -0.136. The van der Waals surface area contributed by atoms with Gasteiger partial charge in [-0.25, -0.2) is 0 Å². The second kappa shape index (κ2) is 9.35. The van der Waals surface area contributed by atoms with Crippen LogP contribution < -0.4 is 10.1 Å². The summed E-state index contributed by atoms with van der Waals surface area (Å²) < 4.78 is 5.16. The molecule has 8 nitrogen and oxygen atoms in total. The summed E-state index contributed by atoms with van der Waals surface area (Å²) in [5.41, 5.74) is 5.12. The van der Waals surface area contributed by atoms with Gasteiger partial charge in [0.1, 0.15) is 18.1 Å². The van der Waals surface area contributed by atoms with Gasteiger partial charge in [-0.15, -0.1) is 0 Å². The minimum atomic E-state index is -0.618. The van der Waals surface area contributed by atoms with Gasteiger partial charge in [-0.2, -0.15) is 0 Å². The van der Waals surface area contributed by atoms with Gasteiger partial charge < -0.3 is 14.5 Å². The van der Waals surface area contributed by atoms with E-state index in [1.165, 1.54) is 35.5 Å². The van der Waals surface area contributed by atoms with E-state index < -0.39 is 11.9 Å². The third kappa shape index (κ3) is 4.44. The number of rotatable bonds is 4. The molecule has 1 atom stereocenters. The van der Waals surface area contributed by atoms with Crippen LogP contribution in [0.2, 0.25) is 0 Å². The van der Waals surface area contributed by atoms with Crippen LogP contribution in [-0.2, 0) is 16.1 Å². The van der Waals surface area contributed by atoms with Crippen molar-refractivity contribution in [3.63, 3.8) is 0 Å². The van der Waals surface area contributed by atoms with Gasteiger partial charge in [0.25, 0.3) is 5.91 Å². The molecule has 186 valence electrons. The first-order chi connectivity index (χ1) is 17.3. The maximum absolute atomic E-state index is 12.3. The number of hydrogen-bond donors (Lipinski definition) is 1. The summed E-state index contributed by atoms with van der Waals surface area (Å²) >= 11 is 0. The topological polar surface area (TPSA) is 96.0 Å². The van der Waals surface area contributed by atoms with Crippen molar-refractivity contribution in [2.75, 3.05) is 27.2 Å². The smallest absolute Gasteiger partial charge is 0.255 e. The normalized spacial score (nSPS) is 21.9. The van der Waals surface area contributed by atoms with Crippen LogP contribution in [-0.4, -0.2) is 67.1 Å². The highest BCUT2D eigenvalue weighted by molar-refractivity contribution is 6.05. The van der Waals surface area contributed by atoms with Crippen LogP contribution in [0.4, 0.5) is 0 Å². The number of carbonyl (C=O) groups excluding carboxylic acids is 4. The van der Waals surface area contributed by atoms with Crippen molar-refractivity contribution in [1.82, 2.24) is 15.1 Å². The minimum absolute atomic E-state index is 0.230. The number of imide groups is 1. The molecule has 0 aromatic heterocycles. The molecule has 2 fully saturated rings. The molecule has 1 unspecified atom stereocenters. The van der Waals surface area contributed by atoms with E-state index in [2.05, 4.69) is 35.5 Å². The van der Waals surface area contributed by atoms with Crippen molar-refractivity contribution in [2.45, 2.75) is 31.8 Å². The standard InChI is InChI=1S/C14H12N2O4.C14H17NO/c17-7-8-1-2-10-9(5-8)6-16(14(10)20)11-3-4-12(18)15-13(11)19;1-15-9-14(10-15)7-12(8-14)11-3-5-13(16-2)6-4-11/h1-2,5,7,11H,3-4,6H2,(H,15,18,19);3-7H,8-10H2,1-2H3. The first kappa shape index (κ1) is 23.9. The number of fused-ring (bicyclic) bond motifs is 1. The largest absolute Gasteiger partial charge is 0.497 e. The van der Waals surface area contributed by atoms with Crippen LogP contribution >= 0.6 is 0 Å². The van der Waals surface area contributed by atoms with Gasteiger partial charge in [-0.3, -0.25) is 24.5 Å². The molecule has 2 aromatic carbocycles. The Morgan fingerprint density at radius 3 is 2.42 bits per heavy atom. The molecule has 8 heteroatoms. The van der Waals surface area contributed by atoms with Crippen LogP contribution in [0.5, 0.6) is 5.75 Å². The van der Waals surface area contributed by atoms with Crippen LogP contribution in [0.1, 0.15) is 51.1 Å². The molecule has 1 aliphatic carbocycles. The molecule has 3 aliphatic heterocycles. The summed E-state index contributed by atoms with van der Waals surface area (Å²) in [7, 11) is 3.89. The van der Waals surface area contributed by atoms with E-state index in [0.717, 1.165) is 17.6 Å². The monoisotopic (exact) mass is 487 g/mol. The van der Waals surface area contributed by atoms with Gasteiger partial charge in [0.15, 0.2) is 0 Å². The fraction of sp³-hybridized carbons (Fsp3) is 0.357. The van der Waals surface area contributed by atoms with Crippen LogP contribution in [0.15, 0.2) is 48.5 Å². The van der Waals surface area contributed by atoms with Gasteiger partial charge in [0.2, 0.25) is 11.8 Å². The highest BCUT2D eigenvalue weighted by atomic mass is 16.5. The first-order valence-corrected chi connectivity index (χ1v) is 12.1. The molecule has 3 amide bonds. The minimum Gasteiger partial charge on any atom is -0.497 e. The number of hydrogen-bond acceptors (Lipinski definition) is 6. The van der Waals surface area contributed by atoms with Gasteiger partial charge in [-0.05, 0) is 60.9 Å². The molecule has 6 rings (SSSR count). The van der Waals surface area contributed by atoms with E-state index in [9.17, 15) is 19.2 Å². The van der Waals surface area contributed by atoms with Crippen LogP contribution in [0, 0.1) is 5.41 Å². The van der Waals surface area contributed by atoms with Crippen LogP contribution in [0.25, 0.3) is 5.57 Å². The number of methoxy groups -OCH3 is 1. The van der Waals surface area contributed by atoms with Crippen molar-refractivity contribution in [2.24, 2.45) is 5.41 Å². The van der Waals surface area contributed by atoms with Crippen molar-refractivity contribution in [3.8, 4) is 5.75 Å². The third-order valence-electron chi connectivity index (χ3n) is 7.34. The summed E-state index contributed by atoms with van der Waals surface area (Å²) in [6.45, 7) is 2.75. The Morgan fingerprint density at radius 1 is 1.08 bits per heavy atom. The number of allylic oxidation sites excluding steroid dienone is 1. The average molecular weight is 488 g/mol. The Labute approximate surface area is 209 Å². The molecule has 1 N–H and O–H groups in total. The Morgan fingerprint density at radius 2 is 1.81 bits per heavy atom. The molecule has 0 bridgehead atoms. The summed E-state index contributed by atoms with van der Waals surface area (Å²) in [5.74, 6) is -0.0367.